The van der Waals surface area contributed by atoms with Gasteiger partial charge in [0.1, 0.15) is 11.4 Å². The number of hydrogen-bond donors (Lipinski definition) is 0. The van der Waals surface area contributed by atoms with E-state index < -0.39 is 0 Å². The maximum absolute atomic E-state index is 11.9. The molecule has 0 aliphatic carbocycles. The van der Waals surface area contributed by atoms with Gasteiger partial charge in [-0.1, -0.05) is 6.07 Å². The van der Waals surface area contributed by atoms with Crippen molar-refractivity contribution in [2.75, 3.05) is 0 Å². The van der Waals surface area contributed by atoms with E-state index in [1.165, 1.54) is 0 Å². The van der Waals surface area contributed by atoms with Crippen molar-refractivity contribution in [3.63, 3.8) is 0 Å². The number of rotatable bonds is 0. The number of ketones is 1. The maximum atomic E-state index is 11.9. The zero-order valence-electron chi connectivity index (χ0n) is 10.2. The lowest BCUT2D eigenvalue weighted by molar-refractivity contribution is 0.0793. The van der Waals surface area contributed by atoms with Crippen molar-refractivity contribution in [1.82, 2.24) is 0 Å². The molecule has 0 N–H and O–H groups in total. The molecule has 0 bridgehead atoms. The Labute approximate surface area is 96.6 Å². The summed E-state index contributed by atoms with van der Waals surface area (Å²) in [5.41, 5.74) is 1.68. The average Bonchev–Trinajstić information content (AvgIpc) is 2.14. The summed E-state index contributed by atoms with van der Waals surface area (Å²) in [6.45, 7) is 6.17. The topological polar surface area (TPSA) is 26.3 Å². The minimum Gasteiger partial charge on any atom is -0.487 e. The largest absolute Gasteiger partial charge is 0.487 e. The Balaban J connectivity index is 2.46. The number of hydrogen-bond acceptors (Lipinski definition) is 2. The Hall–Kier alpha value is -1.31. The first kappa shape index (κ1) is 11.2. The fraction of sp³-hybridized carbons (Fsp3) is 0.500. The van der Waals surface area contributed by atoms with Crippen LogP contribution in [0.15, 0.2) is 18.2 Å². The van der Waals surface area contributed by atoms with Crippen LogP contribution in [-0.4, -0.2) is 11.4 Å². The Kier molecular flexibility index (Phi) is 2.75. The molecule has 0 spiro atoms. The normalized spacial score (nSPS) is 19.3. The van der Waals surface area contributed by atoms with Gasteiger partial charge in [-0.3, -0.25) is 4.79 Å². The molecule has 16 heavy (non-hydrogen) atoms. The minimum absolute atomic E-state index is 0.177. The monoisotopic (exact) mass is 218 g/mol. The summed E-state index contributed by atoms with van der Waals surface area (Å²) >= 11 is 0. The zero-order valence-corrected chi connectivity index (χ0v) is 10.2. The highest BCUT2D eigenvalue weighted by Gasteiger charge is 2.26. The summed E-state index contributed by atoms with van der Waals surface area (Å²) in [4.78, 5) is 11.9. The van der Waals surface area contributed by atoms with Crippen LogP contribution < -0.4 is 4.74 Å². The summed E-state index contributed by atoms with van der Waals surface area (Å²) in [6.07, 6.45) is 2.45. The van der Waals surface area contributed by atoms with Crippen LogP contribution >= 0.6 is 0 Å². The van der Waals surface area contributed by atoms with E-state index in [0.29, 0.717) is 6.42 Å². The molecule has 2 heteroatoms. The highest BCUT2D eigenvalue weighted by Crippen LogP contribution is 2.31. The minimum atomic E-state index is -0.177. The van der Waals surface area contributed by atoms with E-state index in [4.69, 9.17) is 4.74 Å². The summed E-state index contributed by atoms with van der Waals surface area (Å²) < 4.78 is 5.95. The number of ether oxygens (including phenoxy) is 1. The molecule has 0 unspecified atom stereocenters. The standard InChI is InChI=1S/C14H18O2/c1-10-6-7-11-12(15)5-4-8-14(2,3)16-13(11)9-10/h6-7,9H,4-5,8H2,1-3H3. The van der Waals surface area contributed by atoms with Gasteiger partial charge in [0.25, 0.3) is 0 Å². The van der Waals surface area contributed by atoms with Crippen LogP contribution in [0.3, 0.4) is 0 Å². The number of aryl methyl sites for hydroxylation is 1. The van der Waals surface area contributed by atoms with E-state index in [0.717, 1.165) is 29.7 Å². The van der Waals surface area contributed by atoms with Crippen molar-refractivity contribution >= 4 is 5.78 Å². The Morgan fingerprint density at radius 1 is 1.31 bits per heavy atom. The summed E-state index contributed by atoms with van der Waals surface area (Å²) in [5.74, 6) is 0.945. The van der Waals surface area contributed by atoms with Crippen molar-refractivity contribution in [3.8, 4) is 5.75 Å². The quantitative estimate of drug-likeness (QED) is 0.666. The molecule has 1 aliphatic heterocycles. The Morgan fingerprint density at radius 3 is 2.81 bits per heavy atom. The first-order valence-corrected chi connectivity index (χ1v) is 5.81. The van der Waals surface area contributed by atoms with Gasteiger partial charge in [-0.15, -0.1) is 0 Å². The van der Waals surface area contributed by atoms with Crippen molar-refractivity contribution in [2.45, 2.75) is 45.6 Å². The fourth-order valence-electron chi connectivity index (χ4n) is 2.10. The fourth-order valence-corrected chi connectivity index (χ4v) is 2.10. The van der Waals surface area contributed by atoms with E-state index in [-0.39, 0.29) is 11.4 Å². The highest BCUT2D eigenvalue weighted by atomic mass is 16.5. The van der Waals surface area contributed by atoms with Crippen LogP contribution in [0, 0.1) is 6.92 Å². The predicted molar refractivity (Wildman–Crippen MR) is 64.1 cm³/mol. The van der Waals surface area contributed by atoms with E-state index in [9.17, 15) is 4.79 Å². The predicted octanol–water partition coefficient (Wildman–Crippen LogP) is 3.52. The molecule has 2 nitrogen and oxygen atoms in total. The molecule has 1 aliphatic rings. The van der Waals surface area contributed by atoms with Gasteiger partial charge < -0.3 is 4.74 Å². The summed E-state index contributed by atoms with van der Waals surface area (Å²) in [7, 11) is 0. The van der Waals surface area contributed by atoms with Crippen molar-refractivity contribution in [2.24, 2.45) is 0 Å². The summed E-state index contributed by atoms with van der Waals surface area (Å²) in [5, 5.41) is 0. The van der Waals surface area contributed by atoms with Gasteiger partial charge in [0, 0.05) is 6.42 Å². The molecule has 0 atom stereocenters. The van der Waals surface area contributed by atoms with Gasteiger partial charge in [-0.05, 0) is 51.3 Å². The molecule has 0 radical (unpaired) electrons. The second kappa shape index (κ2) is 3.93. The lowest BCUT2D eigenvalue weighted by Crippen LogP contribution is -2.30. The third-order valence-corrected chi connectivity index (χ3v) is 3.01. The lowest BCUT2D eigenvalue weighted by Gasteiger charge is -2.29. The average molecular weight is 218 g/mol. The van der Waals surface area contributed by atoms with Gasteiger partial charge in [0.15, 0.2) is 5.78 Å². The molecule has 1 aromatic rings. The maximum Gasteiger partial charge on any atom is 0.166 e. The molecule has 86 valence electrons. The van der Waals surface area contributed by atoms with Crippen LogP contribution in [0.4, 0.5) is 0 Å². The van der Waals surface area contributed by atoms with Gasteiger partial charge in [-0.25, -0.2) is 0 Å². The number of carbonyl (C=O) groups is 1. The molecule has 1 heterocycles. The van der Waals surface area contributed by atoms with Crippen LogP contribution in [0.25, 0.3) is 0 Å². The third kappa shape index (κ3) is 2.26. The first-order chi connectivity index (χ1) is 7.48. The second-order valence-electron chi connectivity index (χ2n) is 5.14. The van der Waals surface area contributed by atoms with Crippen LogP contribution in [-0.2, 0) is 0 Å². The number of benzene rings is 1. The SMILES string of the molecule is Cc1ccc2c(c1)OC(C)(C)CCCC2=O. The number of fused-ring (bicyclic) bond motifs is 1. The lowest BCUT2D eigenvalue weighted by atomic mass is 9.94. The Morgan fingerprint density at radius 2 is 2.06 bits per heavy atom. The van der Waals surface area contributed by atoms with Crippen LogP contribution in [0.1, 0.15) is 49.0 Å². The van der Waals surface area contributed by atoms with Gasteiger partial charge >= 0.3 is 0 Å². The molecular weight excluding hydrogens is 200 g/mol. The second-order valence-corrected chi connectivity index (χ2v) is 5.14. The summed E-state index contributed by atoms with van der Waals surface area (Å²) in [6, 6.07) is 5.81. The van der Waals surface area contributed by atoms with Crippen molar-refractivity contribution < 1.29 is 9.53 Å². The molecule has 0 saturated heterocycles. The Bertz CT molecular complexity index is 419. The third-order valence-electron chi connectivity index (χ3n) is 3.01. The van der Waals surface area contributed by atoms with Crippen LogP contribution in [0.5, 0.6) is 5.75 Å². The molecule has 1 aromatic carbocycles. The number of carbonyl (C=O) groups excluding carboxylic acids is 1. The van der Waals surface area contributed by atoms with Crippen LogP contribution in [0.2, 0.25) is 0 Å². The van der Waals surface area contributed by atoms with Gasteiger partial charge in [0.05, 0.1) is 5.56 Å². The zero-order chi connectivity index (χ0) is 11.8. The van der Waals surface area contributed by atoms with E-state index in [1.807, 2.05) is 25.1 Å². The molecule has 2 rings (SSSR count). The van der Waals surface area contributed by atoms with Gasteiger partial charge in [0.2, 0.25) is 0 Å². The van der Waals surface area contributed by atoms with E-state index >= 15 is 0 Å². The molecule has 0 saturated carbocycles. The van der Waals surface area contributed by atoms with Gasteiger partial charge in [-0.2, -0.15) is 0 Å². The van der Waals surface area contributed by atoms with Crippen molar-refractivity contribution in [1.29, 1.82) is 0 Å². The molecule has 0 amide bonds. The van der Waals surface area contributed by atoms with E-state index in [1.54, 1.807) is 0 Å². The van der Waals surface area contributed by atoms with E-state index in [2.05, 4.69) is 13.8 Å². The van der Waals surface area contributed by atoms with Crippen molar-refractivity contribution in [3.05, 3.63) is 29.3 Å². The molecule has 0 fully saturated rings. The molecular formula is C14H18O2. The highest BCUT2D eigenvalue weighted by molar-refractivity contribution is 5.98. The smallest absolute Gasteiger partial charge is 0.166 e. The number of Topliss-reactive ketones (excluding diaryl/α,β-unsaturated/α-hetero) is 1. The molecule has 0 aromatic heterocycles. The first-order valence-electron chi connectivity index (χ1n) is 5.81.